The number of fused-ring (bicyclic) bond motifs is 4. The van der Waals surface area contributed by atoms with E-state index in [4.69, 9.17) is 0 Å². The molecule has 6 rings (SSSR count). The fourth-order valence-electron chi connectivity index (χ4n) is 5.22. The Labute approximate surface area is 189 Å². The monoisotopic (exact) mass is 411 g/mol. The molecule has 154 valence electrons. The molecule has 5 aromatic carbocycles. The van der Waals surface area contributed by atoms with Crippen molar-refractivity contribution < 1.29 is 0 Å². The Morgan fingerprint density at radius 2 is 1.22 bits per heavy atom. The summed E-state index contributed by atoms with van der Waals surface area (Å²) in [5.74, 6) is 0. The van der Waals surface area contributed by atoms with Gasteiger partial charge in [-0.3, -0.25) is 0 Å². The summed E-state index contributed by atoms with van der Waals surface area (Å²) in [7, 11) is 0. The third-order valence-corrected chi connectivity index (χ3v) is 6.87. The van der Waals surface area contributed by atoms with E-state index >= 15 is 0 Å². The average molecular weight is 412 g/mol. The van der Waals surface area contributed by atoms with Crippen molar-refractivity contribution in [1.82, 2.24) is 0 Å². The summed E-state index contributed by atoms with van der Waals surface area (Å²) < 4.78 is 0. The molecule has 5 aromatic rings. The molecule has 0 fully saturated rings. The molecular weight excluding hydrogens is 386 g/mol. The minimum atomic E-state index is 0.0157. The minimum Gasteiger partial charge on any atom is -0.355 e. The van der Waals surface area contributed by atoms with Gasteiger partial charge in [-0.2, -0.15) is 0 Å². The van der Waals surface area contributed by atoms with E-state index in [1.165, 1.54) is 49.8 Å². The molecule has 32 heavy (non-hydrogen) atoms. The van der Waals surface area contributed by atoms with Crippen molar-refractivity contribution >= 4 is 22.1 Å². The molecule has 0 bridgehead atoms. The van der Waals surface area contributed by atoms with E-state index in [1.54, 1.807) is 0 Å². The summed E-state index contributed by atoms with van der Waals surface area (Å²) in [6, 6.07) is 39.3. The molecule has 0 unspecified atom stereocenters. The van der Waals surface area contributed by atoms with Gasteiger partial charge in [-0.05, 0) is 56.8 Å². The summed E-state index contributed by atoms with van der Waals surface area (Å²) in [5, 5.41) is 6.26. The molecule has 1 nitrogen and oxygen atoms in total. The largest absolute Gasteiger partial charge is 0.355 e. The van der Waals surface area contributed by atoms with Crippen molar-refractivity contribution in [2.45, 2.75) is 19.3 Å². The zero-order valence-electron chi connectivity index (χ0n) is 18.4. The lowest BCUT2D eigenvalue weighted by atomic mass is 9.82. The second-order valence-electron chi connectivity index (χ2n) is 9.13. The van der Waals surface area contributed by atoms with Crippen LogP contribution in [0.2, 0.25) is 0 Å². The van der Waals surface area contributed by atoms with Crippen LogP contribution < -0.4 is 5.32 Å². The molecule has 0 aliphatic heterocycles. The van der Waals surface area contributed by atoms with Crippen LogP contribution in [0, 0.1) is 0 Å². The number of benzene rings is 5. The second kappa shape index (κ2) is 7.10. The number of hydrogen-bond acceptors (Lipinski definition) is 1. The maximum Gasteiger partial charge on any atom is 0.0467 e. The second-order valence-corrected chi connectivity index (χ2v) is 9.13. The van der Waals surface area contributed by atoms with Gasteiger partial charge in [-0.1, -0.05) is 105 Å². The Morgan fingerprint density at radius 1 is 0.562 bits per heavy atom. The van der Waals surface area contributed by atoms with Crippen molar-refractivity contribution in [3.8, 4) is 22.3 Å². The molecule has 0 atom stereocenters. The number of anilines is 2. The predicted molar refractivity (Wildman–Crippen MR) is 137 cm³/mol. The summed E-state index contributed by atoms with van der Waals surface area (Å²) in [4.78, 5) is 0. The summed E-state index contributed by atoms with van der Waals surface area (Å²) in [6.07, 6.45) is 0. The minimum absolute atomic E-state index is 0.0157. The van der Waals surface area contributed by atoms with E-state index in [-0.39, 0.29) is 5.41 Å². The van der Waals surface area contributed by atoms with E-state index in [2.05, 4.69) is 128 Å². The van der Waals surface area contributed by atoms with E-state index in [0.29, 0.717) is 0 Å². The zero-order chi connectivity index (χ0) is 21.7. The van der Waals surface area contributed by atoms with Crippen LogP contribution in [0.3, 0.4) is 0 Å². The first-order valence-electron chi connectivity index (χ1n) is 11.2. The maximum atomic E-state index is 3.70. The molecule has 0 amide bonds. The lowest BCUT2D eigenvalue weighted by molar-refractivity contribution is 0.660. The molecule has 1 aliphatic rings. The van der Waals surface area contributed by atoms with Crippen molar-refractivity contribution in [1.29, 1.82) is 0 Å². The Morgan fingerprint density at radius 3 is 2.09 bits per heavy atom. The summed E-state index contributed by atoms with van der Waals surface area (Å²) in [6.45, 7) is 4.64. The third-order valence-electron chi connectivity index (χ3n) is 6.87. The van der Waals surface area contributed by atoms with Gasteiger partial charge < -0.3 is 5.32 Å². The Balaban J connectivity index is 1.38. The molecular formula is C31H25N. The summed E-state index contributed by atoms with van der Waals surface area (Å²) in [5.41, 5.74) is 10.2. The van der Waals surface area contributed by atoms with Crippen LogP contribution in [0.25, 0.3) is 33.0 Å². The van der Waals surface area contributed by atoms with Gasteiger partial charge in [0, 0.05) is 22.4 Å². The van der Waals surface area contributed by atoms with Crippen LogP contribution in [0.5, 0.6) is 0 Å². The molecule has 0 spiro atoms. The van der Waals surface area contributed by atoms with Crippen molar-refractivity contribution in [2.75, 3.05) is 5.32 Å². The number of nitrogens with one attached hydrogen (secondary N) is 1. The lowest BCUT2D eigenvalue weighted by Gasteiger charge is -2.21. The Hall–Kier alpha value is -3.84. The normalized spacial score (nSPS) is 13.6. The first-order chi connectivity index (χ1) is 15.6. The maximum absolute atomic E-state index is 3.70. The van der Waals surface area contributed by atoms with Crippen LogP contribution in [0.4, 0.5) is 11.4 Å². The van der Waals surface area contributed by atoms with Gasteiger partial charge >= 0.3 is 0 Å². The quantitative estimate of drug-likeness (QED) is 0.313. The third kappa shape index (κ3) is 2.85. The molecule has 1 heteroatoms. The highest BCUT2D eigenvalue weighted by Gasteiger charge is 2.36. The average Bonchev–Trinajstić information content (AvgIpc) is 3.07. The Bertz CT molecular complexity index is 1450. The van der Waals surface area contributed by atoms with E-state index < -0.39 is 0 Å². The van der Waals surface area contributed by atoms with E-state index in [0.717, 1.165) is 5.69 Å². The van der Waals surface area contributed by atoms with Gasteiger partial charge in [-0.15, -0.1) is 0 Å². The van der Waals surface area contributed by atoms with Crippen molar-refractivity contribution in [3.63, 3.8) is 0 Å². The lowest BCUT2D eigenvalue weighted by Crippen LogP contribution is -2.14. The predicted octanol–water partition coefficient (Wildman–Crippen LogP) is 8.56. The van der Waals surface area contributed by atoms with Gasteiger partial charge in [0.15, 0.2) is 0 Å². The zero-order valence-corrected chi connectivity index (χ0v) is 18.4. The van der Waals surface area contributed by atoms with Gasteiger partial charge in [0.1, 0.15) is 0 Å². The van der Waals surface area contributed by atoms with E-state index in [9.17, 15) is 0 Å². The van der Waals surface area contributed by atoms with Crippen molar-refractivity contribution in [3.05, 3.63) is 120 Å². The topological polar surface area (TPSA) is 12.0 Å². The van der Waals surface area contributed by atoms with Crippen molar-refractivity contribution in [2.24, 2.45) is 0 Å². The molecule has 0 radical (unpaired) electrons. The van der Waals surface area contributed by atoms with Gasteiger partial charge in [0.2, 0.25) is 0 Å². The molecule has 1 aliphatic carbocycles. The van der Waals surface area contributed by atoms with Gasteiger partial charge in [0.05, 0.1) is 0 Å². The highest BCUT2D eigenvalue weighted by Crippen LogP contribution is 2.51. The van der Waals surface area contributed by atoms with E-state index in [1.807, 2.05) is 0 Å². The van der Waals surface area contributed by atoms with Crippen LogP contribution in [0.1, 0.15) is 25.0 Å². The standard InChI is InChI=1S/C31H25N/c1-31(2)27-14-6-5-12-26(27)30-28(31)15-8-16-29(30)32-23-19-17-22(18-20-23)25-13-7-10-21-9-3-4-11-24(21)25/h3-20,32H,1-2H3. The number of rotatable bonds is 3. The molecule has 0 saturated carbocycles. The van der Waals surface area contributed by atoms with Crippen LogP contribution in [-0.2, 0) is 5.41 Å². The fraction of sp³-hybridized carbons (Fsp3) is 0.0968. The fourth-order valence-corrected chi connectivity index (χ4v) is 5.22. The highest BCUT2D eigenvalue weighted by molar-refractivity contribution is 5.97. The smallest absolute Gasteiger partial charge is 0.0467 e. The SMILES string of the molecule is CC1(C)c2ccccc2-c2c(Nc3ccc(-c4cccc5ccccc45)cc3)cccc21. The molecule has 1 N–H and O–H groups in total. The van der Waals surface area contributed by atoms with Crippen LogP contribution >= 0.6 is 0 Å². The first kappa shape index (κ1) is 18.9. The number of hydrogen-bond donors (Lipinski definition) is 1. The Kier molecular flexibility index (Phi) is 4.19. The summed E-state index contributed by atoms with van der Waals surface area (Å²) >= 11 is 0. The highest BCUT2D eigenvalue weighted by atomic mass is 14.9. The molecule has 0 heterocycles. The molecule has 0 aromatic heterocycles. The molecule has 0 saturated heterocycles. The van der Waals surface area contributed by atoms with Crippen LogP contribution in [0.15, 0.2) is 109 Å². The first-order valence-corrected chi connectivity index (χ1v) is 11.2. The van der Waals surface area contributed by atoms with Gasteiger partial charge in [0.25, 0.3) is 0 Å². The van der Waals surface area contributed by atoms with Gasteiger partial charge in [-0.25, -0.2) is 0 Å². The van der Waals surface area contributed by atoms with Crippen LogP contribution in [-0.4, -0.2) is 0 Å².